The van der Waals surface area contributed by atoms with Crippen molar-refractivity contribution in [2.24, 2.45) is 5.92 Å². The van der Waals surface area contributed by atoms with E-state index in [-0.39, 0.29) is 17.9 Å². The highest BCUT2D eigenvalue weighted by molar-refractivity contribution is 5.89. The fraction of sp³-hybridized carbons (Fsp3) is 0.143. The van der Waals surface area contributed by atoms with Gasteiger partial charge >= 0.3 is 0 Å². The van der Waals surface area contributed by atoms with Gasteiger partial charge in [-0.15, -0.1) is 0 Å². The molecule has 0 aliphatic heterocycles. The fourth-order valence-electron chi connectivity index (χ4n) is 4.85. The van der Waals surface area contributed by atoms with Crippen molar-refractivity contribution in [3.63, 3.8) is 0 Å². The lowest BCUT2D eigenvalue weighted by Gasteiger charge is -2.22. The molecule has 3 nitrogen and oxygen atoms in total. The van der Waals surface area contributed by atoms with Crippen LogP contribution in [0.1, 0.15) is 35.6 Å². The van der Waals surface area contributed by atoms with E-state index in [4.69, 9.17) is 0 Å². The van der Waals surface area contributed by atoms with Gasteiger partial charge in [-0.2, -0.15) is 5.26 Å². The minimum absolute atomic E-state index is 0.207. The van der Waals surface area contributed by atoms with Crippen LogP contribution < -0.4 is 5.32 Å². The standard InChI is InChI=1S/C28H22N2O/c1-18(20-16-8-10-19-9-2-3-11-21(19)20)30-28(31)26(17-29)27-24-14-6-4-12-22(24)23-13-5-7-15-25(23)27/h2-16,18,26-27H,1H3,(H,30,31). The molecule has 2 atom stereocenters. The van der Waals surface area contributed by atoms with Crippen LogP contribution in [0.4, 0.5) is 0 Å². The third kappa shape index (κ3) is 3.17. The summed E-state index contributed by atoms with van der Waals surface area (Å²) in [7, 11) is 0. The molecule has 4 aromatic rings. The second kappa shape index (κ2) is 7.74. The predicted molar refractivity (Wildman–Crippen MR) is 123 cm³/mol. The molecule has 1 aliphatic carbocycles. The van der Waals surface area contributed by atoms with Gasteiger partial charge in [-0.05, 0) is 45.5 Å². The molecule has 150 valence electrons. The highest BCUT2D eigenvalue weighted by atomic mass is 16.1. The summed E-state index contributed by atoms with van der Waals surface area (Å²) in [6, 6.07) is 32.5. The third-order valence-electron chi connectivity index (χ3n) is 6.29. The van der Waals surface area contributed by atoms with Crippen LogP contribution in [-0.2, 0) is 4.79 Å². The average molecular weight is 402 g/mol. The van der Waals surface area contributed by atoms with Gasteiger partial charge in [0, 0.05) is 5.92 Å². The van der Waals surface area contributed by atoms with Crippen molar-refractivity contribution in [2.75, 3.05) is 0 Å². The number of nitriles is 1. The number of nitrogens with one attached hydrogen (secondary N) is 1. The van der Waals surface area contributed by atoms with E-state index >= 15 is 0 Å². The molecule has 0 bridgehead atoms. The van der Waals surface area contributed by atoms with E-state index in [1.165, 1.54) is 0 Å². The van der Waals surface area contributed by atoms with Crippen LogP contribution in [0.3, 0.4) is 0 Å². The monoisotopic (exact) mass is 402 g/mol. The molecule has 3 heteroatoms. The molecule has 31 heavy (non-hydrogen) atoms. The largest absolute Gasteiger partial charge is 0.348 e. The van der Waals surface area contributed by atoms with Crippen molar-refractivity contribution < 1.29 is 4.79 Å². The molecule has 0 aromatic heterocycles. The summed E-state index contributed by atoms with van der Waals surface area (Å²) in [5, 5.41) is 15.4. The normalized spacial score (nSPS) is 14.3. The van der Waals surface area contributed by atoms with E-state index in [9.17, 15) is 10.1 Å². The molecule has 4 aromatic carbocycles. The Morgan fingerprint density at radius 1 is 0.839 bits per heavy atom. The summed E-state index contributed by atoms with van der Waals surface area (Å²) >= 11 is 0. The maximum atomic E-state index is 13.4. The zero-order valence-corrected chi connectivity index (χ0v) is 17.2. The molecule has 0 saturated heterocycles. The Morgan fingerprint density at radius 3 is 2.10 bits per heavy atom. The quantitative estimate of drug-likeness (QED) is 0.457. The summed E-state index contributed by atoms with van der Waals surface area (Å²) in [6.07, 6.45) is 0. The van der Waals surface area contributed by atoms with Gasteiger partial charge in [0.1, 0.15) is 5.92 Å². The molecule has 0 saturated carbocycles. The van der Waals surface area contributed by atoms with Crippen LogP contribution in [0.15, 0.2) is 91.0 Å². The maximum Gasteiger partial charge on any atom is 0.238 e. The Hall–Kier alpha value is -3.90. The maximum absolute atomic E-state index is 13.4. The van der Waals surface area contributed by atoms with Crippen LogP contribution in [0, 0.1) is 17.2 Å². The number of carbonyl (C=O) groups excluding carboxylic acids is 1. The summed E-state index contributed by atoms with van der Waals surface area (Å²) in [5.74, 6) is -1.31. The van der Waals surface area contributed by atoms with E-state index in [0.29, 0.717) is 0 Å². The lowest BCUT2D eigenvalue weighted by atomic mass is 9.84. The molecule has 1 aliphatic rings. The first-order valence-electron chi connectivity index (χ1n) is 10.5. The Balaban J connectivity index is 1.48. The van der Waals surface area contributed by atoms with Crippen molar-refractivity contribution in [1.29, 1.82) is 5.26 Å². The molecule has 0 heterocycles. The first-order chi connectivity index (χ1) is 15.2. The molecular weight excluding hydrogens is 380 g/mol. The minimum atomic E-state index is -0.803. The lowest BCUT2D eigenvalue weighted by molar-refractivity contribution is -0.124. The topological polar surface area (TPSA) is 52.9 Å². The molecule has 0 spiro atoms. The van der Waals surface area contributed by atoms with Crippen molar-refractivity contribution in [3.8, 4) is 17.2 Å². The molecule has 5 rings (SSSR count). The van der Waals surface area contributed by atoms with Gasteiger partial charge in [0.15, 0.2) is 0 Å². The Morgan fingerprint density at radius 2 is 1.42 bits per heavy atom. The molecule has 1 amide bonds. The number of carbonyl (C=O) groups is 1. The van der Waals surface area contributed by atoms with Gasteiger partial charge in [0.25, 0.3) is 0 Å². The lowest BCUT2D eigenvalue weighted by Crippen LogP contribution is -2.35. The van der Waals surface area contributed by atoms with Crippen LogP contribution in [0.2, 0.25) is 0 Å². The van der Waals surface area contributed by atoms with Crippen LogP contribution in [0.25, 0.3) is 21.9 Å². The van der Waals surface area contributed by atoms with Crippen molar-refractivity contribution in [1.82, 2.24) is 5.32 Å². The minimum Gasteiger partial charge on any atom is -0.348 e. The SMILES string of the molecule is CC(NC(=O)C(C#N)C1c2ccccc2-c2ccccc21)c1cccc2ccccc12. The van der Waals surface area contributed by atoms with Crippen LogP contribution in [-0.4, -0.2) is 5.91 Å². The summed E-state index contributed by atoms with van der Waals surface area (Å²) in [6.45, 7) is 1.98. The number of fused-ring (bicyclic) bond motifs is 4. The van der Waals surface area contributed by atoms with E-state index < -0.39 is 5.92 Å². The summed E-state index contributed by atoms with van der Waals surface area (Å²) in [4.78, 5) is 13.4. The van der Waals surface area contributed by atoms with E-state index in [1.54, 1.807) is 0 Å². The summed E-state index contributed by atoms with van der Waals surface area (Å²) < 4.78 is 0. The van der Waals surface area contributed by atoms with Crippen molar-refractivity contribution in [2.45, 2.75) is 18.9 Å². The van der Waals surface area contributed by atoms with E-state index in [1.807, 2.05) is 67.6 Å². The van der Waals surface area contributed by atoms with Gasteiger partial charge in [0.2, 0.25) is 5.91 Å². The van der Waals surface area contributed by atoms with Gasteiger partial charge < -0.3 is 5.32 Å². The first kappa shape index (κ1) is 19.1. The van der Waals surface area contributed by atoms with Crippen molar-refractivity contribution in [3.05, 3.63) is 108 Å². The number of amides is 1. The van der Waals surface area contributed by atoms with Crippen LogP contribution in [0.5, 0.6) is 0 Å². The van der Waals surface area contributed by atoms with Crippen molar-refractivity contribution >= 4 is 16.7 Å². The Kier molecular flexibility index (Phi) is 4.76. The second-order valence-corrected chi connectivity index (χ2v) is 8.06. The third-order valence-corrected chi connectivity index (χ3v) is 6.29. The second-order valence-electron chi connectivity index (χ2n) is 8.06. The number of nitrogens with zero attached hydrogens (tertiary/aromatic N) is 1. The highest BCUT2D eigenvalue weighted by Gasteiger charge is 2.38. The molecule has 0 radical (unpaired) electrons. The number of hydrogen-bond acceptors (Lipinski definition) is 2. The Bertz CT molecular complexity index is 1280. The van der Waals surface area contributed by atoms with Gasteiger partial charge in [0.05, 0.1) is 12.1 Å². The molecule has 1 N–H and O–H groups in total. The van der Waals surface area contributed by atoms with E-state index in [2.05, 4.69) is 41.7 Å². The predicted octanol–water partition coefficient (Wildman–Crippen LogP) is 5.97. The first-order valence-corrected chi connectivity index (χ1v) is 10.5. The van der Waals surface area contributed by atoms with Gasteiger partial charge in [-0.1, -0.05) is 91.0 Å². The number of rotatable bonds is 4. The smallest absolute Gasteiger partial charge is 0.238 e. The van der Waals surface area contributed by atoms with Gasteiger partial charge in [-0.3, -0.25) is 4.79 Å². The molecular formula is C28H22N2O. The average Bonchev–Trinajstić information content (AvgIpc) is 3.14. The zero-order valence-electron chi connectivity index (χ0n) is 17.2. The molecule has 0 fully saturated rings. The van der Waals surface area contributed by atoms with E-state index in [0.717, 1.165) is 38.6 Å². The van der Waals surface area contributed by atoms with Crippen LogP contribution >= 0.6 is 0 Å². The van der Waals surface area contributed by atoms with Gasteiger partial charge in [-0.25, -0.2) is 0 Å². The number of benzene rings is 4. The Labute approximate surface area is 182 Å². The summed E-state index contributed by atoms with van der Waals surface area (Å²) in [5.41, 5.74) is 5.36. The highest BCUT2D eigenvalue weighted by Crippen LogP contribution is 2.48. The fourth-order valence-corrected chi connectivity index (χ4v) is 4.85. The molecule has 2 unspecified atom stereocenters. The number of hydrogen-bond donors (Lipinski definition) is 1. The zero-order chi connectivity index (χ0) is 21.4.